The van der Waals surface area contributed by atoms with Gasteiger partial charge in [-0.05, 0) is 12.1 Å². The van der Waals surface area contributed by atoms with Crippen LogP contribution < -0.4 is 10.2 Å². The Kier molecular flexibility index (Phi) is 3.84. The number of aromatic nitrogens is 1. The van der Waals surface area contributed by atoms with Crippen LogP contribution in [0.4, 0.5) is 10.5 Å². The maximum Gasteiger partial charge on any atom is 0.407 e. The minimum atomic E-state index is -0.905. The number of piperazine rings is 1. The third kappa shape index (κ3) is 2.57. The van der Waals surface area contributed by atoms with Gasteiger partial charge >= 0.3 is 6.09 Å². The zero-order valence-corrected chi connectivity index (χ0v) is 12.3. The first-order valence-electron chi connectivity index (χ1n) is 7.14. The molecule has 0 bridgehead atoms. The van der Waals surface area contributed by atoms with Crippen LogP contribution in [-0.2, 0) is 11.3 Å². The number of carbonyl (C=O) groups is 2. The van der Waals surface area contributed by atoms with Crippen molar-refractivity contribution in [2.75, 3.05) is 38.2 Å². The Morgan fingerprint density at radius 1 is 1.41 bits per heavy atom. The molecule has 22 heavy (non-hydrogen) atoms. The third-order valence-corrected chi connectivity index (χ3v) is 4.02. The zero-order valence-electron chi connectivity index (χ0n) is 12.3. The molecule has 8 heteroatoms. The summed E-state index contributed by atoms with van der Waals surface area (Å²) in [5, 5.41) is 11.7. The van der Waals surface area contributed by atoms with Gasteiger partial charge in [-0.1, -0.05) is 0 Å². The third-order valence-electron chi connectivity index (χ3n) is 4.02. The van der Waals surface area contributed by atoms with Gasteiger partial charge in [0, 0.05) is 26.7 Å². The van der Waals surface area contributed by atoms with Gasteiger partial charge in [-0.3, -0.25) is 4.79 Å². The molecular formula is C14H18N4O4. The van der Waals surface area contributed by atoms with Gasteiger partial charge in [0.2, 0.25) is 0 Å². The lowest BCUT2D eigenvalue weighted by molar-refractivity contribution is 0.0853. The first-order valence-corrected chi connectivity index (χ1v) is 7.14. The van der Waals surface area contributed by atoms with E-state index in [1.54, 1.807) is 13.1 Å². The standard InChI is InChI=1S/C14H18N4O4/c1-15-13(19)10-2-3-12-11(16-10)8-22-7-9-6-17(14(20)21)4-5-18(9)12/h2-3,9H,4-8H2,1H3,(H,15,19)(H,20,21)/t9-/m1/s1. The first-order chi connectivity index (χ1) is 10.6. The lowest BCUT2D eigenvalue weighted by atomic mass is 10.1. The highest BCUT2D eigenvalue weighted by atomic mass is 16.5. The van der Waals surface area contributed by atoms with Crippen molar-refractivity contribution in [3.05, 3.63) is 23.5 Å². The summed E-state index contributed by atoms with van der Waals surface area (Å²) in [5.41, 5.74) is 1.99. The Morgan fingerprint density at radius 3 is 2.95 bits per heavy atom. The van der Waals surface area contributed by atoms with Crippen molar-refractivity contribution >= 4 is 17.7 Å². The molecule has 0 saturated carbocycles. The van der Waals surface area contributed by atoms with Crippen molar-refractivity contribution in [1.29, 1.82) is 0 Å². The molecule has 2 aliphatic heterocycles. The van der Waals surface area contributed by atoms with Crippen molar-refractivity contribution in [3.8, 4) is 0 Å². The predicted molar refractivity (Wildman–Crippen MR) is 78.0 cm³/mol. The molecule has 118 valence electrons. The topological polar surface area (TPSA) is 95.0 Å². The fraction of sp³-hybridized carbons (Fsp3) is 0.500. The number of carbonyl (C=O) groups excluding carboxylic acids is 1. The van der Waals surface area contributed by atoms with Crippen LogP contribution in [0.3, 0.4) is 0 Å². The molecule has 2 aliphatic rings. The largest absolute Gasteiger partial charge is 0.465 e. The molecule has 1 aromatic heterocycles. The van der Waals surface area contributed by atoms with E-state index in [0.29, 0.717) is 44.2 Å². The number of anilines is 1. The number of carboxylic acid groups (broad SMARTS) is 1. The van der Waals surface area contributed by atoms with E-state index in [1.807, 2.05) is 6.07 Å². The molecule has 1 saturated heterocycles. The molecule has 0 spiro atoms. The van der Waals surface area contributed by atoms with E-state index in [9.17, 15) is 9.59 Å². The highest BCUT2D eigenvalue weighted by Gasteiger charge is 2.33. The SMILES string of the molecule is CNC(=O)c1ccc2c(n1)COC[C@H]1CN(C(=O)O)CCN21. The molecule has 2 N–H and O–H groups in total. The lowest BCUT2D eigenvalue weighted by Gasteiger charge is -2.40. The molecular weight excluding hydrogens is 288 g/mol. The van der Waals surface area contributed by atoms with E-state index in [4.69, 9.17) is 9.84 Å². The molecule has 1 fully saturated rings. The van der Waals surface area contributed by atoms with Crippen molar-refractivity contribution in [2.45, 2.75) is 12.6 Å². The zero-order chi connectivity index (χ0) is 15.7. The molecule has 0 aromatic carbocycles. The van der Waals surface area contributed by atoms with Gasteiger partial charge in [0.15, 0.2) is 0 Å². The van der Waals surface area contributed by atoms with Crippen molar-refractivity contribution in [1.82, 2.24) is 15.2 Å². The Balaban J connectivity index is 1.88. The summed E-state index contributed by atoms with van der Waals surface area (Å²) in [7, 11) is 1.56. The fourth-order valence-corrected chi connectivity index (χ4v) is 2.90. The minimum absolute atomic E-state index is 0.0289. The fourth-order valence-electron chi connectivity index (χ4n) is 2.90. The van der Waals surface area contributed by atoms with E-state index in [0.717, 1.165) is 5.69 Å². The van der Waals surface area contributed by atoms with E-state index >= 15 is 0 Å². The van der Waals surface area contributed by atoms with Crippen LogP contribution in [0, 0.1) is 0 Å². The number of nitrogens with zero attached hydrogens (tertiary/aromatic N) is 3. The first kappa shape index (κ1) is 14.6. The predicted octanol–water partition coefficient (Wildman–Crippen LogP) is 0.140. The maximum atomic E-state index is 11.7. The molecule has 0 unspecified atom stereocenters. The van der Waals surface area contributed by atoms with Crippen LogP contribution in [0.25, 0.3) is 0 Å². The van der Waals surface area contributed by atoms with Gasteiger partial charge in [-0.2, -0.15) is 0 Å². The van der Waals surface area contributed by atoms with Gasteiger partial charge in [0.25, 0.3) is 5.91 Å². The van der Waals surface area contributed by atoms with Gasteiger partial charge in [-0.25, -0.2) is 9.78 Å². The van der Waals surface area contributed by atoms with Crippen LogP contribution in [0.1, 0.15) is 16.2 Å². The second-order valence-corrected chi connectivity index (χ2v) is 5.33. The summed E-state index contributed by atoms with van der Waals surface area (Å²) in [5.74, 6) is -0.237. The summed E-state index contributed by atoms with van der Waals surface area (Å²) in [6.07, 6.45) is -0.905. The Hall–Kier alpha value is -2.35. The van der Waals surface area contributed by atoms with Crippen molar-refractivity contribution in [2.24, 2.45) is 0 Å². The van der Waals surface area contributed by atoms with Gasteiger partial charge < -0.3 is 25.0 Å². The van der Waals surface area contributed by atoms with Crippen LogP contribution in [0.15, 0.2) is 12.1 Å². The molecule has 1 atom stereocenters. The second kappa shape index (κ2) is 5.80. The minimum Gasteiger partial charge on any atom is -0.465 e. The summed E-state index contributed by atoms with van der Waals surface area (Å²) >= 11 is 0. The van der Waals surface area contributed by atoms with E-state index in [2.05, 4.69) is 15.2 Å². The molecule has 1 aromatic rings. The number of fused-ring (bicyclic) bond motifs is 3. The maximum absolute atomic E-state index is 11.7. The van der Waals surface area contributed by atoms with Crippen LogP contribution in [0.2, 0.25) is 0 Å². The summed E-state index contributed by atoms with van der Waals surface area (Å²) in [6, 6.07) is 3.52. The van der Waals surface area contributed by atoms with E-state index < -0.39 is 6.09 Å². The number of hydrogen-bond acceptors (Lipinski definition) is 5. The van der Waals surface area contributed by atoms with Crippen LogP contribution in [-0.4, -0.2) is 66.3 Å². The monoisotopic (exact) mass is 306 g/mol. The highest BCUT2D eigenvalue weighted by Crippen LogP contribution is 2.28. The molecule has 3 heterocycles. The number of amides is 2. The van der Waals surface area contributed by atoms with Crippen molar-refractivity contribution < 1.29 is 19.4 Å². The summed E-state index contributed by atoms with van der Waals surface area (Å²) in [6.45, 7) is 2.21. The number of hydrogen-bond donors (Lipinski definition) is 2. The molecule has 0 radical (unpaired) electrons. The molecule has 3 rings (SSSR count). The number of pyridine rings is 1. The second-order valence-electron chi connectivity index (χ2n) is 5.33. The molecule has 8 nitrogen and oxygen atoms in total. The Labute approximate surface area is 127 Å². The summed E-state index contributed by atoms with van der Waals surface area (Å²) in [4.78, 5) is 30.7. The highest BCUT2D eigenvalue weighted by molar-refractivity contribution is 5.92. The van der Waals surface area contributed by atoms with Gasteiger partial charge in [0.05, 0.1) is 30.6 Å². The quantitative estimate of drug-likeness (QED) is 0.766. The average molecular weight is 306 g/mol. The molecule has 2 amide bonds. The number of nitrogens with one attached hydrogen (secondary N) is 1. The van der Waals surface area contributed by atoms with Crippen LogP contribution in [0.5, 0.6) is 0 Å². The average Bonchev–Trinajstić information content (AvgIpc) is 2.71. The lowest BCUT2D eigenvalue weighted by Crippen LogP contribution is -2.56. The van der Waals surface area contributed by atoms with Gasteiger partial charge in [0.1, 0.15) is 5.69 Å². The van der Waals surface area contributed by atoms with E-state index in [-0.39, 0.29) is 11.9 Å². The Morgan fingerprint density at radius 2 is 2.23 bits per heavy atom. The normalized spacial score (nSPS) is 20.7. The number of ether oxygens (including phenoxy) is 1. The summed E-state index contributed by atoms with van der Waals surface area (Å²) < 4.78 is 5.63. The van der Waals surface area contributed by atoms with Gasteiger partial charge in [-0.15, -0.1) is 0 Å². The number of rotatable bonds is 1. The molecule has 0 aliphatic carbocycles. The Bertz CT molecular complexity index is 607. The van der Waals surface area contributed by atoms with Crippen LogP contribution >= 0.6 is 0 Å². The van der Waals surface area contributed by atoms with Crippen molar-refractivity contribution in [3.63, 3.8) is 0 Å². The van der Waals surface area contributed by atoms with E-state index in [1.165, 1.54) is 4.90 Å². The smallest absolute Gasteiger partial charge is 0.407 e.